The third kappa shape index (κ3) is 4.09. The van der Waals surface area contributed by atoms with Gasteiger partial charge in [0.1, 0.15) is 11.2 Å². The molecule has 0 unspecified atom stereocenters. The van der Waals surface area contributed by atoms with E-state index in [0.717, 1.165) is 0 Å². The van der Waals surface area contributed by atoms with Gasteiger partial charge in [-0.1, -0.05) is 145 Å². The van der Waals surface area contributed by atoms with E-state index in [4.69, 9.17) is 20.9 Å². The van der Waals surface area contributed by atoms with Crippen molar-refractivity contribution < 1.29 is 23.6 Å². The van der Waals surface area contributed by atoms with Crippen LogP contribution in [0.1, 0.15) is 19.2 Å². The Morgan fingerprint density at radius 2 is 0.911 bits per heavy atom. The van der Waals surface area contributed by atoms with Crippen molar-refractivity contribution in [2.24, 2.45) is 0 Å². The molecule has 0 N–H and O–H groups in total. The van der Waals surface area contributed by atoms with Crippen molar-refractivity contribution in [3.8, 4) is 44.5 Å². The van der Waals surface area contributed by atoms with Crippen LogP contribution in [0.2, 0.25) is 0 Å². The number of furan rings is 1. The van der Waals surface area contributed by atoms with Crippen molar-refractivity contribution in [3.63, 3.8) is 0 Å². The lowest BCUT2D eigenvalue weighted by atomic mass is 9.82. The SMILES string of the molecule is [2H]c1c([2H])c([2H])c(-c2c([2H])c([2H])c([2H])c(-c3c4ccccc4c(-c4ccc5oc6ccccc6c5c4-c4c([2H])c([2H])c([2H])c([2H])c4[2H])c4ccccc34)c2[2H])c([2H])c1[2H]. The van der Waals surface area contributed by atoms with Crippen LogP contribution in [-0.4, -0.2) is 0 Å². The molecule has 0 aliphatic heterocycles. The van der Waals surface area contributed by atoms with E-state index >= 15 is 0 Å². The van der Waals surface area contributed by atoms with E-state index < -0.39 is 90.2 Å². The topological polar surface area (TPSA) is 13.1 Å². The van der Waals surface area contributed by atoms with Gasteiger partial charge in [-0.15, -0.1) is 0 Å². The van der Waals surface area contributed by atoms with Crippen LogP contribution >= 0.6 is 0 Å². The molecule has 0 amide bonds. The number of hydrogen-bond acceptors (Lipinski definition) is 1. The third-order valence-corrected chi connectivity index (χ3v) is 8.12. The zero-order valence-corrected chi connectivity index (χ0v) is 23.5. The lowest BCUT2D eigenvalue weighted by Gasteiger charge is -2.20. The highest BCUT2D eigenvalue weighted by Gasteiger charge is 2.22. The maximum absolute atomic E-state index is 9.59. The van der Waals surface area contributed by atoms with Crippen molar-refractivity contribution in [2.45, 2.75) is 0 Å². The fraction of sp³-hybridized carbons (Fsp3) is 0. The first kappa shape index (κ1) is 15.2. The molecule has 1 heterocycles. The van der Waals surface area contributed by atoms with Crippen LogP contribution in [0.25, 0.3) is 88.0 Å². The summed E-state index contributed by atoms with van der Waals surface area (Å²) in [6, 6.07) is 17.4. The van der Waals surface area contributed by atoms with Crippen molar-refractivity contribution in [1.29, 1.82) is 0 Å². The molecular formula is C44H28O. The monoisotopic (exact) mass is 586 g/mol. The molecule has 210 valence electrons. The second kappa shape index (κ2) is 10.4. The Kier molecular flexibility index (Phi) is 3.50. The van der Waals surface area contributed by atoms with Gasteiger partial charge in [-0.25, -0.2) is 0 Å². The standard InChI is InChI=1S/C44H28O/c1-3-14-29(15-4-1)31-18-13-19-32(28-31)41-33-20-7-9-22-35(33)43(36-23-10-8-21-34(36)41)38-26-27-40-44(37-24-11-12-25-39(37)45-40)42(38)30-16-5-2-6-17-30/h1-28H/i1D,2D,3D,4D,5D,6D,13D,14D,15D,16D,17D,18D,19D,28D. The first-order valence-electron chi connectivity index (χ1n) is 21.3. The van der Waals surface area contributed by atoms with Crippen LogP contribution in [0.5, 0.6) is 0 Å². The van der Waals surface area contributed by atoms with Crippen molar-refractivity contribution in [2.75, 3.05) is 0 Å². The molecule has 0 spiro atoms. The fourth-order valence-electron chi connectivity index (χ4n) is 6.32. The van der Waals surface area contributed by atoms with Gasteiger partial charge in [0.15, 0.2) is 0 Å². The minimum atomic E-state index is -0.666. The molecule has 1 aromatic heterocycles. The van der Waals surface area contributed by atoms with Gasteiger partial charge >= 0.3 is 0 Å². The molecular weight excluding hydrogens is 544 g/mol. The summed E-state index contributed by atoms with van der Waals surface area (Å²) in [5.41, 5.74) is 1.81. The number of hydrogen-bond donors (Lipinski definition) is 0. The molecule has 1 nitrogen and oxygen atoms in total. The largest absolute Gasteiger partial charge is 0.456 e. The first-order valence-corrected chi connectivity index (χ1v) is 14.3. The molecule has 0 radical (unpaired) electrons. The van der Waals surface area contributed by atoms with E-state index in [1.807, 2.05) is 30.3 Å². The summed E-state index contributed by atoms with van der Waals surface area (Å²) in [5.74, 6) is 0. The molecule has 0 bridgehead atoms. The first-order chi connectivity index (χ1) is 28.2. The minimum absolute atomic E-state index is 0.0320. The summed E-state index contributed by atoms with van der Waals surface area (Å²) in [5, 5.41) is 3.34. The van der Waals surface area contributed by atoms with Crippen LogP contribution in [0.15, 0.2) is 174 Å². The van der Waals surface area contributed by atoms with Gasteiger partial charge in [-0.3, -0.25) is 0 Å². The third-order valence-electron chi connectivity index (χ3n) is 8.12. The smallest absolute Gasteiger partial charge is 0.136 e. The molecule has 0 fully saturated rings. The van der Waals surface area contributed by atoms with Gasteiger partial charge in [0.05, 0.1) is 19.2 Å². The predicted octanol–water partition coefficient (Wildman–Crippen LogP) is 12.6. The molecule has 45 heavy (non-hydrogen) atoms. The maximum Gasteiger partial charge on any atom is 0.136 e. The Morgan fingerprint density at radius 3 is 1.58 bits per heavy atom. The summed E-state index contributed by atoms with van der Waals surface area (Å²) < 4.78 is 129. The van der Waals surface area contributed by atoms with Gasteiger partial charge in [0.2, 0.25) is 0 Å². The molecule has 0 aliphatic carbocycles. The van der Waals surface area contributed by atoms with Gasteiger partial charge < -0.3 is 4.42 Å². The summed E-state index contributed by atoms with van der Waals surface area (Å²) >= 11 is 0. The number of benzene rings is 8. The zero-order chi connectivity index (χ0) is 41.9. The Balaban J connectivity index is 1.48. The highest BCUT2D eigenvalue weighted by molar-refractivity contribution is 6.25. The van der Waals surface area contributed by atoms with E-state index in [9.17, 15) is 2.74 Å². The van der Waals surface area contributed by atoms with Gasteiger partial charge in [-0.05, 0) is 84.7 Å². The molecule has 0 aliphatic rings. The van der Waals surface area contributed by atoms with Crippen molar-refractivity contribution >= 4 is 43.5 Å². The molecule has 1 heteroatoms. The zero-order valence-electron chi connectivity index (χ0n) is 37.5. The van der Waals surface area contributed by atoms with Crippen LogP contribution in [-0.2, 0) is 0 Å². The van der Waals surface area contributed by atoms with E-state index in [0.29, 0.717) is 65.7 Å². The van der Waals surface area contributed by atoms with E-state index in [1.165, 1.54) is 0 Å². The molecule has 0 atom stereocenters. The minimum Gasteiger partial charge on any atom is -0.456 e. The Labute approximate surface area is 281 Å². The maximum atomic E-state index is 9.59. The van der Waals surface area contributed by atoms with Gasteiger partial charge in [0, 0.05) is 16.3 Å². The van der Waals surface area contributed by atoms with Crippen molar-refractivity contribution in [3.05, 3.63) is 170 Å². The van der Waals surface area contributed by atoms with Crippen LogP contribution in [0.4, 0.5) is 0 Å². The summed E-state index contributed by atoms with van der Waals surface area (Å²) in [6.45, 7) is 0. The summed E-state index contributed by atoms with van der Waals surface area (Å²) in [6.07, 6.45) is 0. The number of rotatable bonds is 4. The molecule has 8 aromatic carbocycles. The molecule has 9 aromatic rings. The van der Waals surface area contributed by atoms with Crippen LogP contribution in [0, 0.1) is 0 Å². The number of fused-ring (bicyclic) bond motifs is 5. The molecule has 9 rings (SSSR count). The molecule has 0 saturated heterocycles. The highest BCUT2D eigenvalue weighted by Crippen LogP contribution is 2.49. The second-order valence-electron chi connectivity index (χ2n) is 10.6. The highest BCUT2D eigenvalue weighted by atomic mass is 16.3. The normalized spacial score (nSPS) is 15.9. The Morgan fingerprint density at radius 1 is 0.378 bits per heavy atom. The van der Waals surface area contributed by atoms with E-state index in [2.05, 4.69) is 0 Å². The van der Waals surface area contributed by atoms with Gasteiger partial charge in [-0.2, -0.15) is 0 Å². The van der Waals surface area contributed by atoms with E-state index in [1.54, 1.807) is 54.6 Å². The quantitative estimate of drug-likeness (QED) is 0.187. The fourth-order valence-corrected chi connectivity index (χ4v) is 6.32. The lowest BCUT2D eigenvalue weighted by molar-refractivity contribution is 0.669. The lowest BCUT2D eigenvalue weighted by Crippen LogP contribution is -1.93. The number of para-hydroxylation sites is 1. The average Bonchev–Trinajstić information content (AvgIpc) is 3.63. The van der Waals surface area contributed by atoms with Gasteiger partial charge in [0.25, 0.3) is 0 Å². The van der Waals surface area contributed by atoms with Crippen LogP contribution in [0.3, 0.4) is 0 Å². The van der Waals surface area contributed by atoms with Crippen LogP contribution < -0.4 is 0 Å². The second-order valence-corrected chi connectivity index (χ2v) is 10.6. The molecule has 0 saturated carbocycles. The average molecular weight is 587 g/mol. The Bertz CT molecular complexity index is 3220. The predicted molar refractivity (Wildman–Crippen MR) is 190 cm³/mol. The summed E-state index contributed by atoms with van der Waals surface area (Å²) in [7, 11) is 0. The Hall–Kier alpha value is -5.92. The van der Waals surface area contributed by atoms with E-state index in [-0.39, 0.29) is 16.7 Å². The van der Waals surface area contributed by atoms with Crippen molar-refractivity contribution in [1.82, 2.24) is 0 Å². The summed E-state index contributed by atoms with van der Waals surface area (Å²) in [4.78, 5) is 0.